The summed E-state index contributed by atoms with van der Waals surface area (Å²) in [5.74, 6) is -1.96. The molecule has 0 bridgehead atoms. The fraction of sp³-hybridized carbons (Fsp3) is 0.321. The van der Waals surface area contributed by atoms with Crippen molar-refractivity contribution in [3.8, 4) is 11.5 Å². The first-order chi connectivity index (χ1) is 19.4. The molecular formula is C28H28FN3O6S2. The topological polar surface area (TPSA) is 114 Å². The zero-order chi connectivity index (χ0) is 28.1. The van der Waals surface area contributed by atoms with Gasteiger partial charge in [-0.15, -0.1) is 11.3 Å². The quantitative estimate of drug-likeness (QED) is 0.370. The number of fused-ring (bicyclic) bond motifs is 1. The van der Waals surface area contributed by atoms with E-state index in [1.807, 2.05) is 5.38 Å². The van der Waals surface area contributed by atoms with Crippen LogP contribution in [0.25, 0.3) is 0 Å². The van der Waals surface area contributed by atoms with Gasteiger partial charge in [-0.1, -0.05) is 18.9 Å². The van der Waals surface area contributed by atoms with Crippen LogP contribution in [0.2, 0.25) is 0 Å². The van der Waals surface area contributed by atoms with Crippen molar-refractivity contribution in [2.75, 3.05) is 28.5 Å². The average Bonchev–Trinajstić information content (AvgIpc) is 3.71. The summed E-state index contributed by atoms with van der Waals surface area (Å²) in [7, 11) is -1.89. The molecule has 1 aliphatic heterocycles. The summed E-state index contributed by atoms with van der Waals surface area (Å²) >= 11 is 1.34. The van der Waals surface area contributed by atoms with Crippen LogP contribution >= 0.6 is 11.3 Å². The molecule has 2 aromatic carbocycles. The van der Waals surface area contributed by atoms with E-state index in [9.17, 15) is 23.0 Å². The van der Waals surface area contributed by atoms with E-state index in [0.717, 1.165) is 25.7 Å². The number of ether oxygens (including phenoxy) is 2. The van der Waals surface area contributed by atoms with E-state index in [0.29, 0.717) is 27.8 Å². The monoisotopic (exact) mass is 585 g/mol. The number of nitrogens with one attached hydrogen (secondary N) is 2. The molecule has 5 rings (SSSR count). The minimum absolute atomic E-state index is 0.0213. The van der Waals surface area contributed by atoms with E-state index in [2.05, 4.69) is 10.6 Å². The molecule has 2 heterocycles. The molecule has 0 radical (unpaired) electrons. The van der Waals surface area contributed by atoms with Crippen LogP contribution in [-0.2, 0) is 25.2 Å². The van der Waals surface area contributed by atoms with E-state index >= 15 is 0 Å². The number of thiophene rings is 1. The SMILES string of the molecule is O=C(CS(=O)CC(=O)N(c1ccc2c(c1)OCO2)C(C(=O)NC1CCCC1)c1cccs1)Nc1ccc(F)cc1. The number of amides is 3. The molecule has 9 nitrogen and oxygen atoms in total. The highest BCUT2D eigenvalue weighted by atomic mass is 32.2. The number of carbonyl (C=O) groups is 3. The van der Waals surface area contributed by atoms with Crippen LogP contribution in [0.15, 0.2) is 60.0 Å². The molecule has 2 N–H and O–H groups in total. The summed E-state index contributed by atoms with van der Waals surface area (Å²) < 4.78 is 37.1. The number of halogens is 1. The highest BCUT2D eigenvalue weighted by molar-refractivity contribution is 7.86. The van der Waals surface area contributed by atoms with Gasteiger partial charge in [0.15, 0.2) is 11.5 Å². The average molecular weight is 586 g/mol. The Hall–Kier alpha value is -3.77. The Kier molecular flexibility index (Phi) is 8.75. The van der Waals surface area contributed by atoms with Crippen LogP contribution in [0.1, 0.15) is 36.6 Å². The second kappa shape index (κ2) is 12.6. The minimum atomic E-state index is -1.89. The molecule has 1 aliphatic carbocycles. The Labute approximate surface area is 237 Å². The van der Waals surface area contributed by atoms with Gasteiger partial charge in [0.1, 0.15) is 23.4 Å². The van der Waals surface area contributed by atoms with Gasteiger partial charge in [-0.25, -0.2) is 4.39 Å². The summed E-state index contributed by atoms with van der Waals surface area (Å²) in [6.45, 7) is 0.0381. The van der Waals surface area contributed by atoms with Gasteiger partial charge in [-0.3, -0.25) is 23.5 Å². The molecule has 2 unspecified atom stereocenters. The molecule has 0 spiro atoms. The fourth-order valence-corrected chi connectivity index (χ4v) is 6.47. The first-order valence-corrected chi connectivity index (χ1v) is 15.2. The lowest BCUT2D eigenvalue weighted by Crippen LogP contribution is -2.47. The van der Waals surface area contributed by atoms with E-state index < -0.39 is 46.0 Å². The third kappa shape index (κ3) is 6.68. The Balaban J connectivity index is 1.39. The number of nitrogens with zero attached hydrogens (tertiary/aromatic N) is 1. The van der Waals surface area contributed by atoms with Crippen molar-refractivity contribution in [3.05, 3.63) is 70.7 Å². The van der Waals surface area contributed by atoms with Crippen LogP contribution in [-0.4, -0.2) is 46.3 Å². The highest BCUT2D eigenvalue weighted by Crippen LogP contribution is 2.39. The van der Waals surface area contributed by atoms with Crippen LogP contribution < -0.4 is 25.0 Å². The first-order valence-electron chi connectivity index (χ1n) is 12.8. The van der Waals surface area contributed by atoms with E-state index in [4.69, 9.17) is 9.47 Å². The van der Waals surface area contributed by atoms with Crippen molar-refractivity contribution in [2.45, 2.75) is 37.8 Å². The van der Waals surface area contributed by atoms with Gasteiger partial charge in [-0.05, 0) is 60.7 Å². The Bertz CT molecular complexity index is 1390. The largest absolute Gasteiger partial charge is 0.454 e. The van der Waals surface area contributed by atoms with Gasteiger partial charge < -0.3 is 20.1 Å². The molecule has 1 fully saturated rings. The summed E-state index contributed by atoms with van der Waals surface area (Å²) in [6.07, 6.45) is 3.79. The molecule has 0 saturated heterocycles. The van der Waals surface area contributed by atoms with Crippen molar-refractivity contribution in [3.63, 3.8) is 0 Å². The lowest BCUT2D eigenvalue weighted by atomic mass is 10.1. The van der Waals surface area contributed by atoms with Gasteiger partial charge in [0.2, 0.25) is 24.5 Å². The number of rotatable bonds is 10. The van der Waals surface area contributed by atoms with E-state index in [1.54, 1.807) is 30.3 Å². The van der Waals surface area contributed by atoms with Crippen LogP contribution in [0.4, 0.5) is 15.8 Å². The van der Waals surface area contributed by atoms with Gasteiger partial charge in [0.05, 0.1) is 0 Å². The molecule has 12 heteroatoms. The summed E-state index contributed by atoms with van der Waals surface area (Å²) in [5, 5.41) is 7.47. The van der Waals surface area contributed by atoms with E-state index in [-0.39, 0.29) is 18.7 Å². The van der Waals surface area contributed by atoms with Crippen LogP contribution in [0, 0.1) is 5.82 Å². The van der Waals surface area contributed by atoms with Gasteiger partial charge >= 0.3 is 0 Å². The Morgan fingerprint density at radius 3 is 2.50 bits per heavy atom. The number of anilines is 2. The number of hydrogen-bond acceptors (Lipinski definition) is 7. The normalized spacial score (nSPS) is 15.8. The molecule has 3 amide bonds. The zero-order valence-electron chi connectivity index (χ0n) is 21.5. The Morgan fingerprint density at radius 2 is 1.77 bits per heavy atom. The van der Waals surface area contributed by atoms with Gasteiger partial charge in [-0.2, -0.15) is 0 Å². The fourth-order valence-electron chi connectivity index (χ4n) is 4.78. The van der Waals surface area contributed by atoms with Crippen LogP contribution in [0.3, 0.4) is 0 Å². The van der Waals surface area contributed by atoms with Crippen molar-refractivity contribution >= 4 is 51.2 Å². The van der Waals surface area contributed by atoms with Gasteiger partial charge in [0.25, 0.3) is 0 Å². The predicted octanol–water partition coefficient (Wildman–Crippen LogP) is 4.14. The lowest BCUT2D eigenvalue weighted by molar-refractivity contribution is -0.126. The number of carbonyl (C=O) groups excluding carboxylic acids is 3. The zero-order valence-corrected chi connectivity index (χ0v) is 23.1. The summed E-state index contributed by atoms with van der Waals surface area (Å²) in [6, 6.07) is 12.7. The standard InChI is InChI=1S/C28H28FN3O6S2/c29-18-7-9-20(10-8-18)30-25(33)15-40(36)16-26(34)32(21-11-12-22-23(14-21)38-17-37-22)27(24-6-3-13-39-24)28(35)31-19-4-1-2-5-19/h3,6-14,19,27H,1-2,4-5,15-17H2,(H,30,33)(H,31,35). The third-order valence-electron chi connectivity index (χ3n) is 6.63. The smallest absolute Gasteiger partial charge is 0.248 e. The maximum absolute atomic E-state index is 13.8. The molecule has 2 atom stereocenters. The lowest BCUT2D eigenvalue weighted by Gasteiger charge is -2.31. The molecule has 3 aromatic rings. The number of hydrogen-bond donors (Lipinski definition) is 2. The molecule has 1 saturated carbocycles. The third-order valence-corrected chi connectivity index (χ3v) is 8.71. The van der Waals surface area contributed by atoms with E-state index in [1.165, 1.54) is 40.5 Å². The summed E-state index contributed by atoms with van der Waals surface area (Å²) in [5.41, 5.74) is 0.722. The first kappa shape index (κ1) is 27.8. The number of benzene rings is 2. The van der Waals surface area contributed by atoms with Gasteiger partial charge in [0, 0.05) is 39.2 Å². The molecule has 1 aromatic heterocycles. The second-order valence-electron chi connectivity index (χ2n) is 9.49. The minimum Gasteiger partial charge on any atom is -0.454 e. The molecule has 2 aliphatic rings. The van der Waals surface area contributed by atoms with Crippen molar-refractivity contribution in [1.29, 1.82) is 0 Å². The molecular weight excluding hydrogens is 557 g/mol. The maximum atomic E-state index is 13.8. The van der Waals surface area contributed by atoms with Crippen LogP contribution in [0.5, 0.6) is 11.5 Å². The summed E-state index contributed by atoms with van der Waals surface area (Å²) in [4.78, 5) is 42.0. The second-order valence-corrected chi connectivity index (χ2v) is 11.9. The van der Waals surface area contributed by atoms with Crippen molar-refractivity contribution in [1.82, 2.24) is 5.32 Å². The Morgan fingerprint density at radius 1 is 1.02 bits per heavy atom. The van der Waals surface area contributed by atoms with Crippen molar-refractivity contribution < 1.29 is 32.5 Å². The maximum Gasteiger partial charge on any atom is 0.248 e. The van der Waals surface area contributed by atoms with Crippen molar-refractivity contribution in [2.24, 2.45) is 0 Å². The molecule has 40 heavy (non-hydrogen) atoms. The molecule has 210 valence electrons. The predicted molar refractivity (Wildman–Crippen MR) is 150 cm³/mol. The highest BCUT2D eigenvalue weighted by Gasteiger charge is 2.36.